The normalized spacial score (nSPS) is 10.9. The Morgan fingerprint density at radius 1 is 1.22 bits per heavy atom. The highest BCUT2D eigenvalue weighted by atomic mass is 32.1. The molecular weight excluding hydrogens is 324 g/mol. The molecule has 7 heteroatoms. The van der Waals surface area contributed by atoms with E-state index in [1.807, 2.05) is 0 Å². The van der Waals surface area contributed by atoms with Crippen molar-refractivity contribution in [2.24, 2.45) is 0 Å². The van der Waals surface area contributed by atoms with Crippen LogP contribution in [0.5, 0.6) is 0 Å². The van der Waals surface area contributed by atoms with E-state index in [4.69, 9.17) is 0 Å². The van der Waals surface area contributed by atoms with Crippen LogP contribution in [0.1, 0.15) is 42.3 Å². The predicted octanol–water partition coefficient (Wildman–Crippen LogP) is 4.13. The summed E-state index contributed by atoms with van der Waals surface area (Å²) >= 11 is 0.609. The summed E-state index contributed by atoms with van der Waals surface area (Å²) in [5.41, 5.74) is 0.332. The lowest BCUT2D eigenvalue weighted by atomic mass is 10.1. The van der Waals surface area contributed by atoms with Gasteiger partial charge in [-0.2, -0.15) is 0 Å². The first kappa shape index (κ1) is 17.3. The monoisotopic (exact) mass is 341 g/mol. The molecule has 0 fully saturated rings. The number of hydrogen-bond acceptors (Lipinski definition) is 3. The summed E-state index contributed by atoms with van der Waals surface area (Å²) in [6.07, 6.45) is 3.69. The highest BCUT2D eigenvalue weighted by Gasteiger charge is 2.22. The second-order valence-electron chi connectivity index (χ2n) is 5.19. The standard InChI is InChI=1S/C16H17F2NO3S/c1-2-3-4-5-8-19-13(14(15(20)21)23-16(19)22)10-6-7-11(17)12(18)9-10/h6-7,9H,2-5,8H2,1H3,(H,20,21). The first-order valence-corrected chi connectivity index (χ1v) is 8.19. The lowest BCUT2D eigenvalue weighted by molar-refractivity contribution is 0.0702. The first-order valence-electron chi connectivity index (χ1n) is 7.38. The van der Waals surface area contributed by atoms with Gasteiger partial charge in [0.25, 0.3) is 0 Å². The number of carbonyl (C=O) groups is 1. The molecule has 0 aliphatic heterocycles. The number of hydrogen-bond donors (Lipinski definition) is 1. The van der Waals surface area contributed by atoms with E-state index in [0.717, 1.165) is 37.8 Å². The number of benzene rings is 1. The summed E-state index contributed by atoms with van der Waals surface area (Å²) in [5.74, 6) is -3.34. The molecule has 0 unspecified atom stereocenters. The predicted molar refractivity (Wildman–Crippen MR) is 85.0 cm³/mol. The molecular formula is C16H17F2NO3S. The molecule has 0 bridgehead atoms. The Bertz CT molecular complexity index is 767. The Labute approximate surface area is 136 Å². The molecule has 0 radical (unpaired) electrons. The Morgan fingerprint density at radius 3 is 2.57 bits per heavy atom. The average Bonchev–Trinajstić information content (AvgIpc) is 2.84. The van der Waals surface area contributed by atoms with Gasteiger partial charge in [-0.3, -0.25) is 9.36 Å². The maximum Gasteiger partial charge on any atom is 0.348 e. The molecule has 0 amide bonds. The summed E-state index contributed by atoms with van der Waals surface area (Å²) in [6, 6.07) is 3.14. The molecule has 2 rings (SSSR count). The lowest BCUT2D eigenvalue weighted by Gasteiger charge is -2.09. The number of halogens is 2. The van der Waals surface area contributed by atoms with Gasteiger partial charge in [0.05, 0.1) is 5.69 Å². The van der Waals surface area contributed by atoms with Gasteiger partial charge in [0.1, 0.15) is 4.88 Å². The Morgan fingerprint density at radius 2 is 1.96 bits per heavy atom. The number of aromatic carboxylic acids is 1. The molecule has 1 heterocycles. The summed E-state index contributed by atoms with van der Waals surface area (Å²) in [4.78, 5) is 22.9. The maximum absolute atomic E-state index is 13.5. The van der Waals surface area contributed by atoms with Gasteiger partial charge in [0.2, 0.25) is 0 Å². The number of carboxylic acids is 1. The van der Waals surface area contributed by atoms with Crippen LogP contribution in [0, 0.1) is 11.6 Å². The Hall–Kier alpha value is -2.02. The van der Waals surface area contributed by atoms with Gasteiger partial charge in [-0.05, 0) is 24.6 Å². The van der Waals surface area contributed by atoms with E-state index in [-0.39, 0.29) is 16.1 Å². The van der Waals surface area contributed by atoms with E-state index in [2.05, 4.69) is 6.92 Å². The minimum Gasteiger partial charge on any atom is -0.477 e. The van der Waals surface area contributed by atoms with Gasteiger partial charge in [-0.1, -0.05) is 37.5 Å². The van der Waals surface area contributed by atoms with Gasteiger partial charge < -0.3 is 5.11 Å². The fourth-order valence-electron chi connectivity index (χ4n) is 2.38. The quantitative estimate of drug-likeness (QED) is 0.770. The van der Waals surface area contributed by atoms with Crippen molar-refractivity contribution in [1.82, 2.24) is 4.57 Å². The van der Waals surface area contributed by atoms with Gasteiger partial charge >= 0.3 is 10.8 Å². The molecule has 0 aliphatic carbocycles. The molecule has 1 aromatic carbocycles. The smallest absolute Gasteiger partial charge is 0.348 e. The highest BCUT2D eigenvalue weighted by molar-refractivity contribution is 7.11. The lowest BCUT2D eigenvalue weighted by Crippen LogP contribution is -2.15. The zero-order valence-corrected chi connectivity index (χ0v) is 13.5. The molecule has 1 aromatic heterocycles. The van der Waals surface area contributed by atoms with Crippen LogP contribution in [0.15, 0.2) is 23.0 Å². The fourth-order valence-corrected chi connectivity index (χ4v) is 3.26. The minimum atomic E-state index is -1.25. The molecule has 23 heavy (non-hydrogen) atoms. The fraction of sp³-hybridized carbons (Fsp3) is 0.375. The number of rotatable bonds is 7. The molecule has 1 N–H and O–H groups in total. The SMILES string of the molecule is CCCCCCn1c(-c2ccc(F)c(F)c2)c(C(=O)O)sc1=O. The van der Waals surface area contributed by atoms with E-state index in [1.54, 1.807) is 0 Å². The number of thiazole rings is 1. The zero-order valence-electron chi connectivity index (χ0n) is 12.6. The molecule has 124 valence electrons. The Balaban J connectivity index is 2.47. The van der Waals surface area contributed by atoms with Gasteiger partial charge in [0.15, 0.2) is 11.6 Å². The number of unbranched alkanes of at least 4 members (excludes halogenated alkanes) is 3. The van der Waals surface area contributed by atoms with Crippen molar-refractivity contribution < 1.29 is 18.7 Å². The third-order valence-electron chi connectivity index (χ3n) is 3.52. The number of nitrogens with zero attached hydrogens (tertiary/aromatic N) is 1. The van der Waals surface area contributed by atoms with Crippen LogP contribution in [0.2, 0.25) is 0 Å². The second-order valence-corrected chi connectivity index (χ2v) is 6.15. The van der Waals surface area contributed by atoms with Crippen LogP contribution in [0.25, 0.3) is 11.3 Å². The topological polar surface area (TPSA) is 59.3 Å². The zero-order chi connectivity index (χ0) is 17.0. The molecule has 0 atom stereocenters. The first-order chi connectivity index (χ1) is 11.0. The van der Waals surface area contributed by atoms with Crippen molar-refractivity contribution in [2.75, 3.05) is 0 Å². The van der Waals surface area contributed by atoms with Crippen molar-refractivity contribution in [3.05, 3.63) is 44.4 Å². The van der Waals surface area contributed by atoms with Crippen molar-refractivity contribution in [3.8, 4) is 11.3 Å². The van der Waals surface area contributed by atoms with Crippen LogP contribution >= 0.6 is 11.3 Å². The van der Waals surface area contributed by atoms with Crippen LogP contribution in [-0.4, -0.2) is 15.6 Å². The molecule has 0 saturated carbocycles. The van der Waals surface area contributed by atoms with E-state index in [0.29, 0.717) is 17.9 Å². The van der Waals surface area contributed by atoms with Crippen molar-refractivity contribution in [3.63, 3.8) is 0 Å². The molecule has 4 nitrogen and oxygen atoms in total. The Kier molecular flexibility index (Phi) is 5.65. The number of carboxylic acid groups (broad SMARTS) is 1. The molecule has 0 saturated heterocycles. The largest absolute Gasteiger partial charge is 0.477 e. The molecule has 2 aromatic rings. The number of aromatic nitrogens is 1. The van der Waals surface area contributed by atoms with Crippen molar-refractivity contribution in [1.29, 1.82) is 0 Å². The van der Waals surface area contributed by atoms with E-state index in [1.165, 1.54) is 10.6 Å². The van der Waals surface area contributed by atoms with Crippen molar-refractivity contribution >= 4 is 17.3 Å². The van der Waals surface area contributed by atoms with Crippen LogP contribution < -0.4 is 4.87 Å². The molecule has 0 aliphatic rings. The average molecular weight is 341 g/mol. The van der Waals surface area contributed by atoms with Gasteiger partial charge in [-0.25, -0.2) is 13.6 Å². The van der Waals surface area contributed by atoms with Gasteiger partial charge in [0, 0.05) is 12.1 Å². The minimum absolute atomic E-state index is 0.142. The van der Waals surface area contributed by atoms with E-state index in [9.17, 15) is 23.5 Å². The van der Waals surface area contributed by atoms with Crippen LogP contribution in [0.3, 0.4) is 0 Å². The van der Waals surface area contributed by atoms with Crippen LogP contribution in [0.4, 0.5) is 8.78 Å². The highest BCUT2D eigenvalue weighted by Crippen LogP contribution is 2.28. The summed E-state index contributed by atoms with van der Waals surface area (Å²) in [7, 11) is 0. The second kappa shape index (κ2) is 7.50. The summed E-state index contributed by atoms with van der Waals surface area (Å²) in [5, 5.41) is 9.29. The molecule has 0 spiro atoms. The summed E-state index contributed by atoms with van der Waals surface area (Å²) < 4.78 is 27.9. The van der Waals surface area contributed by atoms with Crippen LogP contribution in [-0.2, 0) is 6.54 Å². The van der Waals surface area contributed by atoms with E-state index < -0.39 is 22.5 Å². The van der Waals surface area contributed by atoms with Gasteiger partial charge in [-0.15, -0.1) is 0 Å². The summed E-state index contributed by atoms with van der Waals surface area (Å²) in [6.45, 7) is 2.42. The third kappa shape index (κ3) is 3.85. The van der Waals surface area contributed by atoms with E-state index >= 15 is 0 Å². The third-order valence-corrected chi connectivity index (χ3v) is 4.48. The van der Waals surface area contributed by atoms with Crippen molar-refractivity contribution in [2.45, 2.75) is 39.2 Å². The maximum atomic E-state index is 13.5.